The second-order valence-electron chi connectivity index (χ2n) is 3.37. The van der Waals surface area contributed by atoms with Gasteiger partial charge in [0, 0.05) is 12.4 Å². The molecule has 1 aromatic carbocycles. The maximum atomic E-state index is 5.03. The summed E-state index contributed by atoms with van der Waals surface area (Å²) in [7, 11) is 1.93. The van der Waals surface area contributed by atoms with Crippen LogP contribution in [-0.2, 0) is 18.5 Å². The minimum Gasteiger partial charge on any atom is -0.300 e. The number of rotatable bonds is 2. The normalized spacial score (nSPS) is 11.1. The summed E-state index contributed by atoms with van der Waals surface area (Å²) in [4.78, 5) is 4.59. The molecule has 0 amide bonds. The van der Waals surface area contributed by atoms with Crippen LogP contribution in [0.3, 0.4) is 0 Å². The first-order valence-corrected chi connectivity index (χ1v) is 4.46. The van der Waals surface area contributed by atoms with E-state index in [9.17, 15) is 0 Å². The summed E-state index contributed by atoms with van der Waals surface area (Å²) in [5.74, 6) is 5.03. The smallest absolute Gasteiger partial charge is 0.0930 e. The number of nitrogens with two attached hydrogens (primary N) is 1. The van der Waals surface area contributed by atoms with Crippen LogP contribution in [0.5, 0.6) is 0 Å². The average Bonchev–Trinajstić information content (AvgIpc) is 2.43. The molecule has 0 aliphatic rings. The lowest BCUT2D eigenvalue weighted by Gasteiger charge is -1.99. The fourth-order valence-electron chi connectivity index (χ4n) is 1.67. The molecule has 0 aliphatic heterocycles. The summed E-state index contributed by atoms with van der Waals surface area (Å²) >= 11 is 0. The van der Waals surface area contributed by atoms with E-state index in [2.05, 4.69) is 9.94 Å². The van der Waals surface area contributed by atoms with Crippen molar-refractivity contribution in [3.8, 4) is 0 Å². The zero-order valence-corrected chi connectivity index (χ0v) is 8.32. The highest BCUT2D eigenvalue weighted by molar-refractivity contribution is 5.82. The second-order valence-corrected chi connectivity index (χ2v) is 3.37. The standard InChI is InChI=1S/C10H13N3O/c1-7-9-4-3-8(6-14-11)5-10(9)13(2)12-7/h3-5H,6,11H2,1-2H3. The molecule has 0 saturated heterocycles. The van der Waals surface area contributed by atoms with Gasteiger partial charge in [0.05, 0.1) is 17.8 Å². The summed E-state index contributed by atoms with van der Waals surface area (Å²) in [5, 5.41) is 5.51. The number of benzene rings is 1. The van der Waals surface area contributed by atoms with Gasteiger partial charge in [0.1, 0.15) is 0 Å². The molecule has 2 rings (SSSR count). The lowest BCUT2D eigenvalue weighted by molar-refractivity contribution is 0.124. The molecule has 0 atom stereocenters. The van der Waals surface area contributed by atoms with Crippen LogP contribution in [0.15, 0.2) is 18.2 Å². The molecule has 4 heteroatoms. The van der Waals surface area contributed by atoms with E-state index in [4.69, 9.17) is 5.90 Å². The number of aromatic nitrogens is 2. The number of hydrogen-bond acceptors (Lipinski definition) is 3. The quantitative estimate of drug-likeness (QED) is 0.727. The van der Waals surface area contributed by atoms with Crippen LogP contribution < -0.4 is 5.90 Å². The van der Waals surface area contributed by atoms with Crippen molar-refractivity contribution < 1.29 is 4.84 Å². The average molecular weight is 191 g/mol. The van der Waals surface area contributed by atoms with E-state index in [1.165, 1.54) is 5.39 Å². The minimum absolute atomic E-state index is 0.431. The Hall–Kier alpha value is -1.39. The molecule has 1 aromatic heterocycles. The van der Waals surface area contributed by atoms with Crippen LogP contribution >= 0.6 is 0 Å². The SMILES string of the molecule is Cc1nn(C)c2cc(CON)ccc12. The highest BCUT2D eigenvalue weighted by Gasteiger charge is 2.04. The van der Waals surface area contributed by atoms with E-state index in [1.54, 1.807) is 0 Å². The monoisotopic (exact) mass is 191 g/mol. The molecule has 1 heterocycles. The van der Waals surface area contributed by atoms with Crippen LogP contribution in [0, 0.1) is 6.92 Å². The summed E-state index contributed by atoms with van der Waals surface area (Å²) in [6.45, 7) is 2.43. The van der Waals surface area contributed by atoms with Gasteiger partial charge in [-0.3, -0.25) is 9.52 Å². The molecule has 0 spiro atoms. The first-order chi connectivity index (χ1) is 6.72. The van der Waals surface area contributed by atoms with Crippen molar-refractivity contribution >= 4 is 10.9 Å². The number of hydrogen-bond donors (Lipinski definition) is 1. The Kier molecular flexibility index (Phi) is 2.23. The van der Waals surface area contributed by atoms with Crippen molar-refractivity contribution in [3.63, 3.8) is 0 Å². The summed E-state index contributed by atoms with van der Waals surface area (Å²) < 4.78 is 1.87. The highest BCUT2D eigenvalue weighted by atomic mass is 16.6. The first-order valence-electron chi connectivity index (χ1n) is 4.46. The molecule has 4 nitrogen and oxygen atoms in total. The summed E-state index contributed by atoms with van der Waals surface area (Å²) in [6, 6.07) is 6.10. The zero-order chi connectivity index (χ0) is 10.1. The topological polar surface area (TPSA) is 53.1 Å². The van der Waals surface area contributed by atoms with Gasteiger partial charge in [-0.1, -0.05) is 12.1 Å². The predicted octanol–water partition coefficient (Wildman–Crippen LogP) is 1.27. The second kappa shape index (κ2) is 3.40. The Labute approximate surface area is 82.2 Å². The Balaban J connectivity index is 2.59. The molecule has 74 valence electrons. The van der Waals surface area contributed by atoms with Crippen molar-refractivity contribution in [1.29, 1.82) is 0 Å². The van der Waals surface area contributed by atoms with Gasteiger partial charge in [-0.2, -0.15) is 5.10 Å². The van der Waals surface area contributed by atoms with Gasteiger partial charge in [0.2, 0.25) is 0 Å². The fourth-order valence-corrected chi connectivity index (χ4v) is 1.67. The third kappa shape index (κ3) is 1.38. The summed E-state index contributed by atoms with van der Waals surface area (Å²) in [6.07, 6.45) is 0. The van der Waals surface area contributed by atoms with Crippen molar-refractivity contribution in [1.82, 2.24) is 9.78 Å². The Morgan fingerprint density at radius 3 is 3.00 bits per heavy atom. The van der Waals surface area contributed by atoms with Gasteiger partial charge in [0.25, 0.3) is 0 Å². The highest BCUT2D eigenvalue weighted by Crippen LogP contribution is 2.18. The van der Waals surface area contributed by atoms with Crippen LogP contribution in [0.4, 0.5) is 0 Å². The Morgan fingerprint density at radius 2 is 2.29 bits per heavy atom. The maximum Gasteiger partial charge on any atom is 0.0930 e. The molecule has 0 saturated carbocycles. The maximum absolute atomic E-state index is 5.03. The van der Waals surface area contributed by atoms with Crippen LogP contribution in [-0.4, -0.2) is 9.78 Å². The Bertz CT molecular complexity index is 462. The molecule has 0 bridgehead atoms. The molecular formula is C10H13N3O. The molecule has 0 fully saturated rings. The molecule has 0 radical (unpaired) electrons. The molecule has 0 aliphatic carbocycles. The molecule has 2 N–H and O–H groups in total. The van der Waals surface area contributed by atoms with Gasteiger partial charge in [-0.15, -0.1) is 0 Å². The Morgan fingerprint density at radius 1 is 1.50 bits per heavy atom. The third-order valence-electron chi connectivity index (χ3n) is 2.35. The van der Waals surface area contributed by atoms with Gasteiger partial charge in [-0.05, 0) is 18.6 Å². The lowest BCUT2D eigenvalue weighted by atomic mass is 10.1. The fraction of sp³-hybridized carbons (Fsp3) is 0.300. The van der Waals surface area contributed by atoms with Crippen molar-refractivity contribution in [2.24, 2.45) is 12.9 Å². The first kappa shape index (κ1) is 9.18. The van der Waals surface area contributed by atoms with Crippen LogP contribution in [0.25, 0.3) is 10.9 Å². The van der Waals surface area contributed by atoms with Crippen molar-refractivity contribution in [3.05, 3.63) is 29.5 Å². The van der Waals surface area contributed by atoms with E-state index in [-0.39, 0.29) is 0 Å². The third-order valence-corrected chi connectivity index (χ3v) is 2.35. The van der Waals surface area contributed by atoms with Gasteiger partial charge in [0.15, 0.2) is 0 Å². The number of nitrogens with zero attached hydrogens (tertiary/aromatic N) is 2. The van der Waals surface area contributed by atoms with E-state index >= 15 is 0 Å². The van der Waals surface area contributed by atoms with E-state index in [1.807, 2.05) is 36.9 Å². The predicted molar refractivity (Wildman–Crippen MR) is 54.4 cm³/mol. The van der Waals surface area contributed by atoms with E-state index < -0.39 is 0 Å². The van der Waals surface area contributed by atoms with Gasteiger partial charge in [-0.25, -0.2) is 5.90 Å². The van der Waals surface area contributed by atoms with Gasteiger partial charge < -0.3 is 0 Å². The lowest BCUT2D eigenvalue weighted by Crippen LogP contribution is -1.99. The van der Waals surface area contributed by atoms with Crippen LogP contribution in [0.2, 0.25) is 0 Å². The van der Waals surface area contributed by atoms with Crippen molar-refractivity contribution in [2.75, 3.05) is 0 Å². The largest absolute Gasteiger partial charge is 0.300 e. The number of fused-ring (bicyclic) bond motifs is 1. The molecular weight excluding hydrogens is 178 g/mol. The van der Waals surface area contributed by atoms with Gasteiger partial charge >= 0.3 is 0 Å². The minimum atomic E-state index is 0.431. The molecule has 2 aromatic rings. The zero-order valence-electron chi connectivity index (χ0n) is 8.32. The number of aryl methyl sites for hydroxylation is 2. The van der Waals surface area contributed by atoms with Crippen LogP contribution in [0.1, 0.15) is 11.3 Å². The van der Waals surface area contributed by atoms with Crippen molar-refractivity contribution in [2.45, 2.75) is 13.5 Å². The van der Waals surface area contributed by atoms with E-state index in [0.717, 1.165) is 16.8 Å². The molecule has 0 unspecified atom stereocenters. The van der Waals surface area contributed by atoms with E-state index in [0.29, 0.717) is 6.61 Å². The summed E-state index contributed by atoms with van der Waals surface area (Å²) in [5.41, 5.74) is 3.21. The molecule has 14 heavy (non-hydrogen) atoms.